The highest BCUT2D eigenvalue weighted by molar-refractivity contribution is 7.20. The van der Waals surface area contributed by atoms with Crippen molar-refractivity contribution in [3.8, 4) is 5.69 Å². The van der Waals surface area contributed by atoms with E-state index in [9.17, 15) is 4.79 Å². The first kappa shape index (κ1) is 18.9. The number of carbonyl (C=O) groups excluding carboxylic acids is 1. The summed E-state index contributed by atoms with van der Waals surface area (Å²) in [5.74, 6) is 0.124. The number of hydrogen-bond donors (Lipinski definition) is 0. The van der Waals surface area contributed by atoms with Crippen LogP contribution in [0.15, 0.2) is 60.7 Å². The molecule has 2 aromatic carbocycles. The molecule has 0 saturated carbocycles. The van der Waals surface area contributed by atoms with E-state index in [-0.39, 0.29) is 5.91 Å². The van der Waals surface area contributed by atoms with Gasteiger partial charge in [0, 0.05) is 37.3 Å². The maximum absolute atomic E-state index is 13.2. The molecular weight excluding hydrogens is 392 g/mol. The number of aryl methyl sites for hydroxylation is 2. The average Bonchev–Trinajstić information content (AvgIpc) is 3.35. The highest BCUT2D eigenvalue weighted by Crippen LogP contribution is 2.31. The van der Waals surface area contributed by atoms with Crippen molar-refractivity contribution >= 4 is 33.1 Å². The molecule has 152 valence electrons. The number of thiophene rings is 1. The standard InChI is InChI=1S/C24H24N4OS/c1-17-8-10-20(11-9-17)28-24-21(18(2)25-28)16-22(30-24)23(29)27-14-12-26(13-15-27)19-6-4-3-5-7-19/h3-11,16H,12-15H2,1-2H3. The largest absolute Gasteiger partial charge is 0.368 e. The van der Waals surface area contributed by atoms with Gasteiger partial charge in [0.05, 0.1) is 16.3 Å². The quantitative estimate of drug-likeness (QED) is 0.487. The van der Waals surface area contributed by atoms with Crippen molar-refractivity contribution in [3.05, 3.63) is 76.8 Å². The van der Waals surface area contributed by atoms with Gasteiger partial charge in [-0.15, -0.1) is 11.3 Å². The number of anilines is 1. The van der Waals surface area contributed by atoms with Crippen molar-refractivity contribution < 1.29 is 4.79 Å². The molecule has 0 radical (unpaired) electrons. The normalized spacial score (nSPS) is 14.5. The first-order chi connectivity index (χ1) is 14.6. The Labute approximate surface area is 180 Å². The Morgan fingerprint density at radius 2 is 1.60 bits per heavy atom. The fourth-order valence-corrected chi connectivity index (χ4v) is 5.13. The van der Waals surface area contributed by atoms with Crippen LogP contribution in [-0.4, -0.2) is 46.8 Å². The number of hydrogen-bond acceptors (Lipinski definition) is 4. The van der Waals surface area contributed by atoms with E-state index in [0.717, 1.165) is 52.7 Å². The predicted octanol–water partition coefficient (Wildman–Crippen LogP) is 4.67. The lowest BCUT2D eigenvalue weighted by Crippen LogP contribution is -2.48. The lowest BCUT2D eigenvalue weighted by atomic mass is 10.2. The monoisotopic (exact) mass is 416 g/mol. The molecule has 0 spiro atoms. The number of para-hydroxylation sites is 1. The van der Waals surface area contributed by atoms with E-state index in [4.69, 9.17) is 5.10 Å². The smallest absolute Gasteiger partial charge is 0.264 e. The van der Waals surface area contributed by atoms with E-state index in [1.54, 1.807) is 0 Å². The van der Waals surface area contributed by atoms with Gasteiger partial charge in [-0.1, -0.05) is 35.9 Å². The Morgan fingerprint density at radius 1 is 0.900 bits per heavy atom. The maximum atomic E-state index is 13.2. The van der Waals surface area contributed by atoms with E-state index in [1.807, 2.05) is 28.6 Å². The van der Waals surface area contributed by atoms with E-state index >= 15 is 0 Å². The molecule has 5 nitrogen and oxygen atoms in total. The first-order valence-electron chi connectivity index (χ1n) is 10.3. The van der Waals surface area contributed by atoms with E-state index in [1.165, 1.54) is 22.6 Å². The Morgan fingerprint density at radius 3 is 2.30 bits per heavy atom. The molecule has 2 aromatic heterocycles. The van der Waals surface area contributed by atoms with Crippen molar-refractivity contribution in [1.29, 1.82) is 0 Å². The highest BCUT2D eigenvalue weighted by Gasteiger charge is 2.25. The molecule has 1 aliphatic rings. The second-order valence-electron chi connectivity index (χ2n) is 7.78. The molecule has 1 amide bonds. The molecule has 4 aromatic rings. The number of amides is 1. The molecule has 1 aliphatic heterocycles. The third-order valence-electron chi connectivity index (χ3n) is 5.72. The Balaban J connectivity index is 1.37. The number of nitrogens with zero attached hydrogens (tertiary/aromatic N) is 4. The van der Waals surface area contributed by atoms with Gasteiger partial charge in [-0.3, -0.25) is 4.79 Å². The molecule has 1 saturated heterocycles. The number of piperazine rings is 1. The summed E-state index contributed by atoms with van der Waals surface area (Å²) < 4.78 is 1.96. The summed E-state index contributed by atoms with van der Waals surface area (Å²) in [5, 5.41) is 5.76. The van der Waals surface area contributed by atoms with Crippen LogP contribution < -0.4 is 4.90 Å². The van der Waals surface area contributed by atoms with Gasteiger partial charge >= 0.3 is 0 Å². The minimum atomic E-state index is 0.124. The molecule has 6 heteroatoms. The van der Waals surface area contributed by atoms with Gasteiger partial charge in [0.2, 0.25) is 0 Å². The summed E-state index contributed by atoms with van der Waals surface area (Å²) in [6, 6.07) is 20.7. The zero-order valence-corrected chi connectivity index (χ0v) is 18.0. The highest BCUT2D eigenvalue weighted by atomic mass is 32.1. The summed E-state index contributed by atoms with van der Waals surface area (Å²) in [6.45, 7) is 7.28. The van der Waals surface area contributed by atoms with Gasteiger partial charge in [0.1, 0.15) is 4.83 Å². The second-order valence-corrected chi connectivity index (χ2v) is 8.81. The van der Waals surface area contributed by atoms with Gasteiger partial charge in [0.15, 0.2) is 0 Å². The number of carbonyl (C=O) groups is 1. The van der Waals surface area contributed by atoms with Gasteiger partial charge in [-0.25, -0.2) is 4.68 Å². The summed E-state index contributed by atoms with van der Waals surface area (Å²) in [4.78, 5) is 19.3. The Hall–Kier alpha value is -3.12. The van der Waals surface area contributed by atoms with E-state index in [2.05, 4.69) is 60.4 Å². The summed E-state index contributed by atoms with van der Waals surface area (Å²) >= 11 is 1.54. The molecule has 0 aliphatic carbocycles. The van der Waals surface area contributed by atoms with Gasteiger partial charge in [-0.05, 0) is 44.2 Å². The molecular formula is C24H24N4OS. The van der Waals surface area contributed by atoms with Crippen molar-refractivity contribution in [1.82, 2.24) is 14.7 Å². The number of fused-ring (bicyclic) bond motifs is 1. The van der Waals surface area contributed by atoms with Crippen LogP contribution >= 0.6 is 11.3 Å². The predicted molar refractivity (Wildman–Crippen MR) is 123 cm³/mol. The first-order valence-corrected chi connectivity index (χ1v) is 11.1. The van der Waals surface area contributed by atoms with Crippen LogP contribution in [-0.2, 0) is 0 Å². The molecule has 0 atom stereocenters. The summed E-state index contributed by atoms with van der Waals surface area (Å²) in [5.41, 5.74) is 4.42. The second kappa shape index (κ2) is 7.61. The van der Waals surface area contributed by atoms with E-state index in [0.29, 0.717) is 0 Å². The lowest BCUT2D eigenvalue weighted by molar-refractivity contribution is 0.0751. The Bertz CT molecular complexity index is 1190. The van der Waals surface area contributed by atoms with Crippen molar-refractivity contribution in [3.63, 3.8) is 0 Å². The minimum absolute atomic E-state index is 0.124. The molecule has 30 heavy (non-hydrogen) atoms. The van der Waals surface area contributed by atoms with Crippen LogP contribution in [0.1, 0.15) is 20.9 Å². The fourth-order valence-electron chi connectivity index (χ4n) is 3.98. The third-order valence-corrected chi connectivity index (χ3v) is 6.82. The molecule has 0 bridgehead atoms. The van der Waals surface area contributed by atoms with Crippen LogP contribution in [0.3, 0.4) is 0 Å². The molecule has 1 fully saturated rings. The number of benzene rings is 2. The van der Waals surface area contributed by atoms with E-state index < -0.39 is 0 Å². The maximum Gasteiger partial charge on any atom is 0.264 e. The van der Waals surface area contributed by atoms with Crippen molar-refractivity contribution in [2.45, 2.75) is 13.8 Å². The minimum Gasteiger partial charge on any atom is -0.368 e. The van der Waals surface area contributed by atoms with Crippen LogP contribution in [0.5, 0.6) is 0 Å². The molecule has 5 rings (SSSR count). The molecule has 3 heterocycles. The third kappa shape index (κ3) is 3.37. The molecule has 0 N–H and O–H groups in total. The lowest BCUT2D eigenvalue weighted by Gasteiger charge is -2.35. The van der Waals surface area contributed by atoms with Crippen LogP contribution in [0.4, 0.5) is 5.69 Å². The number of rotatable bonds is 3. The summed E-state index contributed by atoms with van der Waals surface area (Å²) in [7, 11) is 0. The van der Waals surface area contributed by atoms with Crippen molar-refractivity contribution in [2.75, 3.05) is 31.1 Å². The topological polar surface area (TPSA) is 41.4 Å². The van der Waals surface area contributed by atoms with Gasteiger partial charge in [0.25, 0.3) is 5.91 Å². The van der Waals surface area contributed by atoms with Crippen LogP contribution in [0.25, 0.3) is 15.9 Å². The van der Waals surface area contributed by atoms with Crippen LogP contribution in [0.2, 0.25) is 0 Å². The fraction of sp³-hybridized carbons (Fsp3) is 0.250. The molecule has 0 unspecified atom stereocenters. The Kier molecular flexibility index (Phi) is 4.79. The number of aromatic nitrogens is 2. The summed E-state index contributed by atoms with van der Waals surface area (Å²) in [6.07, 6.45) is 0. The van der Waals surface area contributed by atoms with Gasteiger partial charge < -0.3 is 9.80 Å². The van der Waals surface area contributed by atoms with Crippen molar-refractivity contribution in [2.24, 2.45) is 0 Å². The zero-order valence-electron chi connectivity index (χ0n) is 17.2. The SMILES string of the molecule is Cc1ccc(-n2nc(C)c3cc(C(=O)N4CCN(c5ccccc5)CC4)sc32)cc1. The van der Waals surface area contributed by atoms with Crippen LogP contribution in [0, 0.1) is 13.8 Å². The zero-order chi connectivity index (χ0) is 20.7. The average molecular weight is 417 g/mol. The van der Waals surface area contributed by atoms with Gasteiger partial charge in [-0.2, -0.15) is 5.10 Å².